The minimum atomic E-state index is -0.636. The lowest BCUT2D eigenvalue weighted by Crippen LogP contribution is -2.50. The molecule has 2 unspecified atom stereocenters. The van der Waals surface area contributed by atoms with Crippen molar-refractivity contribution < 1.29 is 23.9 Å². The third-order valence-electron chi connectivity index (χ3n) is 3.58. The highest BCUT2D eigenvalue weighted by molar-refractivity contribution is 9.10. The summed E-state index contributed by atoms with van der Waals surface area (Å²) in [6, 6.07) is 2.10. The second-order valence-electron chi connectivity index (χ2n) is 5.31. The van der Waals surface area contributed by atoms with Crippen LogP contribution in [0.5, 0.6) is 11.5 Å². The van der Waals surface area contributed by atoms with Gasteiger partial charge in [0.15, 0.2) is 11.5 Å². The summed E-state index contributed by atoms with van der Waals surface area (Å²) < 4.78 is 10.9. The molecule has 128 valence electrons. The van der Waals surface area contributed by atoms with E-state index in [0.29, 0.717) is 21.5 Å². The van der Waals surface area contributed by atoms with Gasteiger partial charge in [-0.2, -0.15) is 0 Å². The topological polar surface area (TPSA) is 93.7 Å². The molecule has 2 N–H and O–H groups in total. The maximum atomic E-state index is 12.0. The maximum Gasteiger partial charge on any atom is 0.319 e. The van der Waals surface area contributed by atoms with Crippen molar-refractivity contribution in [1.82, 2.24) is 10.6 Å². The van der Waals surface area contributed by atoms with Crippen LogP contribution in [0.15, 0.2) is 28.9 Å². The number of hydrogen-bond donors (Lipinski definition) is 2. The van der Waals surface area contributed by atoms with E-state index in [9.17, 15) is 14.4 Å². The molecule has 1 aromatic carbocycles. The predicted octanol–water partition coefficient (Wildman–Crippen LogP) is 2.46. The van der Waals surface area contributed by atoms with Crippen LogP contribution in [-0.4, -0.2) is 24.9 Å². The summed E-state index contributed by atoms with van der Waals surface area (Å²) in [5, 5.41) is 5.24. The molecular weight excluding hydrogens is 380 g/mol. The molecule has 8 heteroatoms. The van der Waals surface area contributed by atoms with Crippen molar-refractivity contribution in [3.8, 4) is 11.5 Å². The highest BCUT2D eigenvalue weighted by Gasteiger charge is 2.37. The monoisotopic (exact) mass is 396 g/mol. The number of carbonyl (C=O) groups is 3. The summed E-state index contributed by atoms with van der Waals surface area (Å²) in [5.74, 6) is -0.725. The van der Waals surface area contributed by atoms with Crippen molar-refractivity contribution in [2.75, 3.05) is 7.11 Å². The van der Waals surface area contributed by atoms with Gasteiger partial charge in [0.25, 0.3) is 0 Å². The molecular formula is C16H17BrN2O5. The number of Topliss-reactive ketones (excluding diaryl/α,β-unsaturated/α-hetero) is 1. The van der Waals surface area contributed by atoms with Crippen LogP contribution in [0.25, 0.3) is 0 Å². The number of rotatable bonds is 4. The van der Waals surface area contributed by atoms with E-state index in [2.05, 4.69) is 33.1 Å². The Labute approximate surface area is 147 Å². The van der Waals surface area contributed by atoms with Crippen LogP contribution in [0.3, 0.4) is 0 Å². The Kier molecular flexibility index (Phi) is 5.28. The molecule has 24 heavy (non-hydrogen) atoms. The van der Waals surface area contributed by atoms with Gasteiger partial charge in [0.2, 0.25) is 0 Å². The van der Waals surface area contributed by atoms with E-state index < -0.39 is 24.0 Å². The Morgan fingerprint density at radius 3 is 2.46 bits per heavy atom. The smallest absolute Gasteiger partial charge is 0.319 e. The molecule has 0 saturated carbocycles. The SMILES string of the molecule is C=C1NC(=O)NC(c2cc(OC)c(OC(C)=O)cc2Br)C1C(C)=O. The van der Waals surface area contributed by atoms with E-state index in [4.69, 9.17) is 9.47 Å². The Morgan fingerprint density at radius 2 is 1.92 bits per heavy atom. The Morgan fingerprint density at radius 1 is 1.25 bits per heavy atom. The molecule has 2 rings (SSSR count). The van der Waals surface area contributed by atoms with Gasteiger partial charge < -0.3 is 20.1 Å². The number of ether oxygens (including phenoxy) is 2. The fourth-order valence-electron chi connectivity index (χ4n) is 2.61. The average Bonchev–Trinajstić information content (AvgIpc) is 2.45. The van der Waals surface area contributed by atoms with Gasteiger partial charge in [-0.3, -0.25) is 9.59 Å². The molecule has 1 saturated heterocycles. The van der Waals surface area contributed by atoms with Crippen molar-refractivity contribution in [2.24, 2.45) is 5.92 Å². The number of benzene rings is 1. The molecule has 7 nitrogen and oxygen atoms in total. The zero-order valence-corrected chi connectivity index (χ0v) is 15.0. The zero-order chi connectivity index (χ0) is 18.0. The fourth-order valence-corrected chi connectivity index (χ4v) is 3.18. The number of carbonyl (C=O) groups excluding carboxylic acids is 3. The van der Waals surface area contributed by atoms with Crippen molar-refractivity contribution in [3.05, 3.63) is 34.4 Å². The number of halogens is 1. The van der Waals surface area contributed by atoms with Crippen LogP contribution in [0, 0.1) is 5.92 Å². The zero-order valence-electron chi connectivity index (χ0n) is 13.4. The summed E-state index contributed by atoms with van der Waals surface area (Å²) in [7, 11) is 1.43. The lowest BCUT2D eigenvalue weighted by molar-refractivity contribution is -0.132. The van der Waals surface area contributed by atoms with Crippen LogP contribution in [0.1, 0.15) is 25.5 Å². The summed E-state index contributed by atoms with van der Waals surface area (Å²) in [6.07, 6.45) is 0. The number of esters is 1. The quantitative estimate of drug-likeness (QED) is 0.602. The second kappa shape index (κ2) is 7.04. The van der Waals surface area contributed by atoms with Crippen LogP contribution in [0.4, 0.5) is 4.79 Å². The molecule has 0 aliphatic carbocycles. The standard InChI is InChI=1S/C16H17BrN2O5/c1-7-14(8(2)20)15(19-16(22)18-7)10-5-12(23-4)13(6-11(10)17)24-9(3)21/h5-6,14-15H,1H2,2-4H3,(H2,18,19,22). The molecule has 1 aliphatic heterocycles. The van der Waals surface area contributed by atoms with Gasteiger partial charge in [-0.15, -0.1) is 0 Å². The summed E-state index contributed by atoms with van der Waals surface area (Å²) in [6.45, 7) is 6.48. The molecule has 0 aromatic heterocycles. The summed E-state index contributed by atoms with van der Waals surface area (Å²) in [4.78, 5) is 35.0. The first kappa shape index (κ1) is 18.0. The number of nitrogens with one attached hydrogen (secondary N) is 2. The van der Waals surface area contributed by atoms with Gasteiger partial charge in [-0.25, -0.2) is 4.79 Å². The minimum absolute atomic E-state index is 0.146. The second-order valence-corrected chi connectivity index (χ2v) is 6.16. The van der Waals surface area contributed by atoms with Gasteiger partial charge in [0.1, 0.15) is 5.78 Å². The average molecular weight is 397 g/mol. The highest BCUT2D eigenvalue weighted by Crippen LogP contribution is 2.40. The summed E-state index contributed by atoms with van der Waals surface area (Å²) >= 11 is 3.39. The number of ketones is 1. The Bertz CT molecular complexity index is 731. The van der Waals surface area contributed by atoms with Crippen LogP contribution in [-0.2, 0) is 9.59 Å². The Hall–Kier alpha value is -2.35. The lowest BCUT2D eigenvalue weighted by atomic mass is 9.86. The van der Waals surface area contributed by atoms with Gasteiger partial charge in [0.05, 0.1) is 19.1 Å². The van der Waals surface area contributed by atoms with Crippen LogP contribution >= 0.6 is 15.9 Å². The normalized spacial score (nSPS) is 20.0. The van der Waals surface area contributed by atoms with Crippen molar-refractivity contribution in [2.45, 2.75) is 19.9 Å². The van der Waals surface area contributed by atoms with Crippen molar-refractivity contribution in [3.63, 3.8) is 0 Å². The lowest BCUT2D eigenvalue weighted by Gasteiger charge is -2.34. The molecule has 0 bridgehead atoms. The number of amides is 2. The molecule has 0 spiro atoms. The molecule has 1 aliphatic rings. The van der Waals surface area contributed by atoms with Crippen molar-refractivity contribution in [1.29, 1.82) is 0 Å². The van der Waals surface area contributed by atoms with Gasteiger partial charge in [0, 0.05) is 17.1 Å². The van der Waals surface area contributed by atoms with Crippen LogP contribution in [0.2, 0.25) is 0 Å². The van der Waals surface area contributed by atoms with Gasteiger partial charge in [-0.05, 0) is 24.6 Å². The molecule has 2 atom stereocenters. The van der Waals surface area contributed by atoms with Gasteiger partial charge >= 0.3 is 12.0 Å². The number of methoxy groups -OCH3 is 1. The predicted molar refractivity (Wildman–Crippen MR) is 89.7 cm³/mol. The molecule has 1 fully saturated rings. The van der Waals surface area contributed by atoms with E-state index in [0.717, 1.165) is 0 Å². The molecule has 2 amide bonds. The van der Waals surface area contributed by atoms with Gasteiger partial charge in [-0.1, -0.05) is 22.5 Å². The highest BCUT2D eigenvalue weighted by atomic mass is 79.9. The van der Waals surface area contributed by atoms with E-state index >= 15 is 0 Å². The molecule has 1 aromatic rings. The van der Waals surface area contributed by atoms with E-state index in [1.54, 1.807) is 12.1 Å². The largest absolute Gasteiger partial charge is 0.493 e. The van der Waals surface area contributed by atoms with Crippen molar-refractivity contribution >= 4 is 33.7 Å². The Balaban J connectivity index is 2.52. The first-order valence-electron chi connectivity index (χ1n) is 7.07. The van der Waals surface area contributed by atoms with E-state index in [-0.39, 0.29) is 11.5 Å². The first-order chi connectivity index (χ1) is 11.2. The first-order valence-corrected chi connectivity index (χ1v) is 7.86. The third-order valence-corrected chi connectivity index (χ3v) is 4.27. The van der Waals surface area contributed by atoms with Crippen LogP contribution < -0.4 is 20.1 Å². The number of urea groups is 1. The fraction of sp³-hybridized carbons (Fsp3) is 0.312. The summed E-state index contributed by atoms with van der Waals surface area (Å²) in [5.41, 5.74) is 0.935. The molecule has 0 radical (unpaired) electrons. The number of hydrogen-bond acceptors (Lipinski definition) is 5. The molecule has 1 heterocycles. The van der Waals surface area contributed by atoms with E-state index in [1.165, 1.54) is 21.0 Å². The third kappa shape index (κ3) is 3.59. The minimum Gasteiger partial charge on any atom is -0.493 e. The van der Waals surface area contributed by atoms with E-state index in [1.807, 2.05) is 0 Å². The maximum absolute atomic E-state index is 12.0.